The van der Waals surface area contributed by atoms with Crippen molar-refractivity contribution in [3.8, 4) is 0 Å². The Bertz CT molecular complexity index is 1250. The van der Waals surface area contributed by atoms with E-state index < -0.39 is 34.6 Å². The van der Waals surface area contributed by atoms with Gasteiger partial charge in [0.05, 0.1) is 13.1 Å². The number of rotatable bonds is 7. The maximum Gasteiger partial charge on any atom is 0.344 e. The fourth-order valence-electron chi connectivity index (χ4n) is 4.70. The zero-order chi connectivity index (χ0) is 25.2. The molecule has 5 N–H and O–H groups in total. The lowest BCUT2D eigenvalue weighted by atomic mass is 9.82. The Kier molecular flexibility index (Phi) is 6.63. The second-order valence-electron chi connectivity index (χ2n) is 8.83. The number of aromatic nitrogens is 2. The number of imide groups is 1. The van der Waals surface area contributed by atoms with Crippen LogP contribution in [0, 0.1) is 0 Å². The number of nitrogens with zero attached hydrogens (tertiary/aromatic N) is 3. The summed E-state index contributed by atoms with van der Waals surface area (Å²) in [6.07, 6.45) is 3.68. The number of amides is 4. The van der Waals surface area contributed by atoms with E-state index >= 15 is 0 Å². The highest BCUT2D eigenvalue weighted by Gasteiger charge is 2.52. The van der Waals surface area contributed by atoms with E-state index in [1.54, 1.807) is 6.92 Å². The molecule has 1 aliphatic carbocycles. The molecular weight excluding hydrogens is 454 g/mol. The molecule has 186 valence electrons. The number of hydrogen-bond donors (Lipinski definition) is 4. The van der Waals surface area contributed by atoms with Gasteiger partial charge >= 0.3 is 11.7 Å². The van der Waals surface area contributed by atoms with Crippen molar-refractivity contribution in [2.24, 2.45) is 0 Å². The Hall–Kier alpha value is -4.09. The zero-order valence-electron chi connectivity index (χ0n) is 19.5. The van der Waals surface area contributed by atoms with E-state index in [-0.39, 0.29) is 31.1 Å². The third-order valence-electron chi connectivity index (χ3n) is 6.54. The molecular formula is C23H29N7O5. The number of urea groups is 1. The number of hydrazine groups is 1. The van der Waals surface area contributed by atoms with E-state index in [1.165, 1.54) is 9.47 Å². The highest BCUT2D eigenvalue weighted by atomic mass is 16.2. The van der Waals surface area contributed by atoms with Gasteiger partial charge in [-0.05, 0) is 25.3 Å². The molecule has 2 aromatic rings. The molecule has 2 heterocycles. The molecule has 12 nitrogen and oxygen atoms in total. The van der Waals surface area contributed by atoms with Crippen LogP contribution < -0.4 is 32.6 Å². The van der Waals surface area contributed by atoms with E-state index in [0.717, 1.165) is 24.8 Å². The van der Waals surface area contributed by atoms with Crippen LogP contribution in [0.1, 0.15) is 44.6 Å². The number of nitrogen functional groups attached to an aromatic ring is 1. The molecule has 4 rings (SSSR count). The van der Waals surface area contributed by atoms with Crippen LogP contribution in [0.2, 0.25) is 0 Å². The first-order valence-electron chi connectivity index (χ1n) is 11.6. The summed E-state index contributed by atoms with van der Waals surface area (Å²) in [7, 11) is 0. The Labute approximate surface area is 201 Å². The molecule has 12 heteroatoms. The molecule has 0 radical (unpaired) electrons. The third kappa shape index (κ3) is 4.63. The molecule has 0 unspecified atom stereocenters. The maximum absolute atomic E-state index is 12.9. The van der Waals surface area contributed by atoms with Crippen molar-refractivity contribution in [3.05, 3.63) is 56.7 Å². The number of carbonyl (C=O) groups excluding carboxylic acids is 3. The van der Waals surface area contributed by atoms with Crippen LogP contribution >= 0.6 is 0 Å². The third-order valence-corrected chi connectivity index (χ3v) is 6.54. The number of benzene rings is 1. The van der Waals surface area contributed by atoms with E-state index in [9.17, 15) is 24.0 Å². The summed E-state index contributed by atoms with van der Waals surface area (Å²) < 4.78 is 1.22. The number of H-pyrrole nitrogens is 1. The molecule has 4 amide bonds. The lowest BCUT2D eigenvalue weighted by molar-refractivity contribution is -0.139. The molecule has 1 aromatic heterocycles. The van der Waals surface area contributed by atoms with Crippen molar-refractivity contribution in [3.63, 3.8) is 0 Å². The molecule has 1 saturated carbocycles. The summed E-state index contributed by atoms with van der Waals surface area (Å²) in [4.78, 5) is 66.9. The van der Waals surface area contributed by atoms with Crippen LogP contribution in [-0.4, -0.2) is 51.0 Å². The first-order chi connectivity index (χ1) is 16.8. The molecule has 2 fully saturated rings. The van der Waals surface area contributed by atoms with Crippen molar-refractivity contribution in [2.45, 2.75) is 51.1 Å². The van der Waals surface area contributed by atoms with E-state index in [2.05, 4.69) is 15.7 Å². The number of hydrogen-bond acceptors (Lipinski definition) is 7. The second-order valence-corrected chi connectivity index (χ2v) is 8.83. The Morgan fingerprint density at radius 1 is 1.11 bits per heavy atom. The van der Waals surface area contributed by atoms with Gasteiger partial charge in [0.15, 0.2) is 0 Å². The predicted molar refractivity (Wildman–Crippen MR) is 129 cm³/mol. The molecule has 1 aromatic carbocycles. The second kappa shape index (κ2) is 9.65. The van der Waals surface area contributed by atoms with Crippen LogP contribution in [0.25, 0.3) is 0 Å². The van der Waals surface area contributed by atoms with Gasteiger partial charge in [0.2, 0.25) is 0 Å². The van der Waals surface area contributed by atoms with E-state index in [4.69, 9.17) is 5.73 Å². The minimum absolute atomic E-state index is 0.0425. The van der Waals surface area contributed by atoms with Crippen LogP contribution in [0.15, 0.2) is 39.9 Å². The minimum atomic E-state index is -0.971. The van der Waals surface area contributed by atoms with Gasteiger partial charge in [-0.3, -0.25) is 29.4 Å². The van der Waals surface area contributed by atoms with Gasteiger partial charge < -0.3 is 16.0 Å². The fraction of sp³-hybridized carbons (Fsp3) is 0.435. The smallest absolute Gasteiger partial charge is 0.344 e. The molecule has 1 spiro atoms. The van der Waals surface area contributed by atoms with Crippen molar-refractivity contribution >= 4 is 29.4 Å². The minimum Gasteiger partial charge on any atom is -0.383 e. The largest absolute Gasteiger partial charge is 0.383 e. The first kappa shape index (κ1) is 24.0. The zero-order valence-corrected chi connectivity index (χ0v) is 19.5. The highest BCUT2D eigenvalue weighted by molar-refractivity contribution is 6.08. The molecule has 35 heavy (non-hydrogen) atoms. The Morgan fingerprint density at radius 3 is 2.46 bits per heavy atom. The number of nitrogens with two attached hydrogens (primary N) is 1. The SMILES string of the molecule is CCN(CC(=O)NN1C(=O)NC2(CCCCC2)C1=O)c1c(N)n(Cc2ccccc2)c(=O)[nH]c1=O. The summed E-state index contributed by atoms with van der Waals surface area (Å²) >= 11 is 0. The summed E-state index contributed by atoms with van der Waals surface area (Å²) in [5, 5.41) is 3.44. The topological polar surface area (TPSA) is 163 Å². The quantitative estimate of drug-likeness (QED) is 0.411. The van der Waals surface area contributed by atoms with Gasteiger partial charge in [-0.1, -0.05) is 49.6 Å². The normalized spacial score (nSPS) is 16.9. The number of anilines is 2. The van der Waals surface area contributed by atoms with Crippen molar-refractivity contribution < 1.29 is 14.4 Å². The Balaban J connectivity index is 1.53. The standard InChI is InChI=1S/C23H29N7O5/c1-2-28(14-16(31)27-30-20(33)23(26-22(30)35)11-7-4-8-12-23)17-18(24)29(21(34)25-19(17)32)13-15-9-5-3-6-10-15/h3,5-6,9-10H,2,4,7-8,11-14,24H2,1H3,(H,26,35)(H,27,31)(H,25,32,34). The fourth-order valence-corrected chi connectivity index (χ4v) is 4.70. The van der Waals surface area contributed by atoms with Gasteiger partial charge in [0.1, 0.15) is 17.0 Å². The van der Waals surface area contributed by atoms with E-state index in [1.807, 2.05) is 30.3 Å². The van der Waals surface area contributed by atoms with Crippen molar-refractivity contribution in [2.75, 3.05) is 23.7 Å². The van der Waals surface area contributed by atoms with Gasteiger partial charge in [-0.15, -0.1) is 0 Å². The van der Waals surface area contributed by atoms with Crippen LogP contribution in [0.3, 0.4) is 0 Å². The summed E-state index contributed by atoms with van der Waals surface area (Å²) in [5.41, 5.74) is 6.97. The number of carbonyl (C=O) groups is 3. The predicted octanol–water partition coefficient (Wildman–Crippen LogP) is 0.279. The monoisotopic (exact) mass is 483 g/mol. The van der Waals surface area contributed by atoms with Crippen LogP contribution in [0.5, 0.6) is 0 Å². The van der Waals surface area contributed by atoms with E-state index in [0.29, 0.717) is 17.9 Å². The lowest BCUT2D eigenvalue weighted by Crippen LogP contribution is -2.53. The molecule has 1 aliphatic heterocycles. The molecule has 1 saturated heterocycles. The van der Waals surface area contributed by atoms with Crippen molar-refractivity contribution in [1.29, 1.82) is 0 Å². The lowest BCUT2D eigenvalue weighted by Gasteiger charge is -2.30. The summed E-state index contributed by atoms with van der Waals surface area (Å²) in [6, 6.07) is 8.44. The summed E-state index contributed by atoms with van der Waals surface area (Å²) in [6.45, 7) is 1.68. The Morgan fingerprint density at radius 2 is 1.80 bits per heavy atom. The van der Waals surface area contributed by atoms with Gasteiger partial charge in [-0.25, -0.2) is 9.59 Å². The van der Waals surface area contributed by atoms with Gasteiger partial charge in [-0.2, -0.15) is 5.01 Å². The van der Waals surface area contributed by atoms with Crippen molar-refractivity contribution in [1.82, 2.24) is 25.3 Å². The maximum atomic E-state index is 12.9. The average Bonchev–Trinajstić information content (AvgIpc) is 3.05. The average molecular weight is 484 g/mol. The number of nitrogens with one attached hydrogen (secondary N) is 3. The molecule has 0 atom stereocenters. The summed E-state index contributed by atoms with van der Waals surface area (Å²) in [5.74, 6) is -1.25. The molecule has 2 aliphatic rings. The highest BCUT2D eigenvalue weighted by Crippen LogP contribution is 2.33. The first-order valence-corrected chi connectivity index (χ1v) is 11.6. The van der Waals surface area contributed by atoms with Crippen LogP contribution in [-0.2, 0) is 16.1 Å². The van der Waals surface area contributed by atoms with Gasteiger partial charge in [0.25, 0.3) is 17.4 Å². The van der Waals surface area contributed by atoms with Crippen LogP contribution in [0.4, 0.5) is 16.3 Å². The molecule has 0 bridgehead atoms. The number of aromatic amines is 1. The number of likely N-dealkylation sites (N-methyl/N-ethyl adjacent to an activating group) is 1. The van der Waals surface area contributed by atoms with Gasteiger partial charge in [0, 0.05) is 6.54 Å².